The second-order valence-corrected chi connectivity index (χ2v) is 6.60. The van der Waals surface area contributed by atoms with Gasteiger partial charge in [0.25, 0.3) is 5.56 Å². The average Bonchev–Trinajstić information content (AvgIpc) is 2.67. The molecule has 0 aliphatic heterocycles. The van der Waals surface area contributed by atoms with Crippen molar-refractivity contribution in [3.63, 3.8) is 0 Å². The number of aromatic nitrogens is 1. The van der Waals surface area contributed by atoms with Crippen LogP contribution >= 0.6 is 11.6 Å². The first-order valence-corrected chi connectivity index (χ1v) is 8.91. The molecule has 3 rings (SSSR count). The van der Waals surface area contributed by atoms with Crippen molar-refractivity contribution in [2.45, 2.75) is 13.0 Å². The number of rotatable bonds is 5. The molecule has 1 amide bonds. The average molecular weight is 402 g/mol. The maximum absolute atomic E-state index is 12.6. The first-order valence-electron chi connectivity index (χ1n) is 8.53. The van der Waals surface area contributed by atoms with Crippen molar-refractivity contribution in [3.05, 3.63) is 63.4 Å². The Morgan fingerprint density at radius 3 is 2.61 bits per heavy atom. The van der Waals surface area contributed by atoms with E-state index in [0.29, 0.717) is 27.5 Å². The van der Waals surface area contributed by atoms with Crippen LogP contribution in [0.15, 0.2) is 47.3 Å². The highest BCUT2D eigenvalue weighted by Crippen LogP contribution is 2.29. The highest BCUT2D eigenvalue weighted by molar-refractivity contribution is 6.32. The summed E-state index contributed by atoms with van der Waals surface area (Å²) in [6.45, 7) is 1.88. The van der Waals surface area contributed by atoms with Crippen LogP contribution in [0.4, 0.5) is 16.2 Å². The quantitative estimate of drug-likeness (QED) is 0.583. The largest absolute Gasteiger partial charge is 0.495 e. The number of hydrogen-bond donors (Lipinski definition) is 3. The Morgan fingerprint density at radius 1 is 1.14 bits per heavy atom. The molecular weight excluding hydrogens is 382 g/mol. The van der Waals surface area contributed by atoms with E-state index >= 15 is 0 Å². The summed E-state index contributed by atoms with van der Waals surface area (Å²) < 4.78 is 9.78. The van der Waals surface area contributed by atoms with E-state index in [4.69, 9.17) is 16.3 Å². The van der Waals surface area contributed by atoms with Crippen LogP contribution in [0.2, 0.25) is 5.02 Å². The number of benzene rings is 2. The highest BCUT2D eigenvalue weighted by atomic mass is 35.5. The molecule has 28 heavy (non-hydrogen) atoms. The van der Waals surface area contributed by atoms with Crippen LogP contribution in [0.5, 0.6) is 5.75 Å². The summed E-state index contributed by atoms with van der Waals surface area (Å²) >= 11 is 6.20. The van der Waals surface area contributed by atoms with Gasteiger partial charge in [-0.05, 0) is 37.3 Å². The molecule has 0 saturated heterocycles. The molecule has 8 heteroatoms. The molecule has 1 atom stereocenters. The smallest absolute Gasteiger partial charge is 0.411 e. The second kappa shape index (κ2) is 8.22. The van der Waals surface area contributed by atoms with Gasteiger partial charge in [-0.3, -0.25) is 10.1 Å². The number of fused-ring (bicyclic) bond motifs is 1. The number of aromatic amines is 1. The van der Waals surface area contributed by atoms with E-state index in [2.05, 4.69) is 20.4 Å². The summed E-state index contributed by atoms with van der Waals surface area (Å²) in [5.41, 5.74) is 2.32. The van der Waals surface area contributed by atoms with Crippen molar-refractivity contribution in [2.75, 3.05) is 24.9 Å². The van der Waals surface area contributed by atoms with Gasteiger partial charge in [0.05, 0.1) is 30.8 Å². The Labute approximate surface area is 166 Å². The number of H-pyrrole nitrogens is 1. The number of anilines is 2. The molecule has 0 radical (unpaired) electrons. The van der Waals surface area contributed by atoms with Crippen molar-refractivity contribution in [3.8, 4) is 5.75 Å². The first-order chi connectivity index (χ1) is 13.4. The van der Waals surface area contributed by atoms with Gasteiger partial charge in [0, 0.05) is 28.4 Å². The van der Waals surface area contributed by atoms with E-state index in [1.165, 1.54) is 14.2 Å². The van der Waals surface area contributed by atoms with Crippen molar-refractivity contribution in [1.82, 2.24) is 4.98 Å². The van der Waals surface area contributed by atoms with Crippen LogP contribution in [0.1, 0.15) is 18.5 Å². The van der Waals surface area contributed by atoms with E-state index in [1.54, 1.807) is 36.4 Å². The van der Waals surface area contributed by atoms with Gasteiger partial charge in [-0.1, -0.05) is 17.7 Å². The molecule has 146 valence electrons. The van der Waals surface area contributed by atoms with Gasteiger partial charge in [0.1, 0.15) is 5.75 Å². The van der Waals surface area contributed by atoms with Gasteiger partial charge >= 0.3 is 6.09 Å². The normalized spacial score (nSPS) is 11.7. The minimum absolute atomic E-state index is 0.208. The van der Waals surface area contributed by atoms with Crippen LogP contribution in [0.25, 0.3) is 10.9 Å². The van der Waals surface area contributed by atoms with E-state index in [9.17, 15) is 9.59 Å². The Balaban J connectivity index is 1.88. The third kappa shape index (κ3) is 4.20. The zero-order valence-electron chi connectivity index (χ0n) is 15.6. The van der Waals surface area contributed by atoms with Crippen LogP contribution < -0.4 is 20.9 Å². The van der Waals surface area contributed by atoms with E-state index in [1.807, 2.05) is 13.0 Å². The molecule has 1 heterocycles. The Kier molecular flexibility index (Phi) is 5.75. The molecule has 0 bridgehead atoms. The molecule has 3 N–H and O–H groups in total. The van der Waals surface area contributed by atoms with Gasteiger partial charge in [-0.15, -0.1) is 0 Å². The third-order valence-corrected chi connectivity index (χ3v) is 4.58. The molecule has 0 aliphatic rings. The van der Waals surface area contributed by atoms with Crippen molar-refractivity contribution in [1.29, 1.82) is 0 Å². The highest BCUT2D eigenvalue weighted by Gasteiger charge is 2.13. The number of methoxy groups -OCH3 is 2. The molecular formula is C20H20ClN3O4. The lowest BCUT2D eigenvalue weighted by molar-refractivity contribution is 0.187. The molecule has 0 fully saturated rings. The molecule has 0 unspecified atom stereocenters. The summed E-state index contributed by atoms with van der Waals surface area (Å²) in [5, 5.41) is 7.13. The topological polar surface area (TPSA) is 92.4 Å². The van der Waals surface area contributed by atoms with E-state index < -0.39 is 6.09 Å². The Bertz CT molecular complexity index is 1080. The maximum Gasteiger partial charge on any atom is 0.411 e. The minimum atomic E-state index is -0.552. The van der Waals surface area contributed by atoms with E-state index in [-0.39, 0.29) is 11.6 Å². The van der Waals surface area contributed by atoms with Crippen LogP contribution in [0.3, 0.4) is 0 Å². The SMILES string of the molecule is COC(=O)Nc1cccc(N[C@@H](C)c2cc3cc(Cl)c(OC)cc3[nH]c2=O)c1. The number of carbonyl (C=O) groups excluding carboxylic acids is 1. The zero-order valence-corrected chi connectivity index (χ0v) is 16.4. The molecule has 0 aliphatic carbocycles. The van der Waals surface area contributed by atoms with Crippen LogP contribution in [-0.2, 0) is 4.74 Å². The predicted molar refractivity (Wildman–Crippen MR) is 111 cm³/mol. The summed E-state index contributed by atoms with van der Waals surface area (Å²) in [6, 6.07) is 12.1. The molecule has 0 saturated carbocycles. The zero-order chi connectivity index (χ0) is 20.3. The van der Waals surface area contributed by atoms with Crippen LogP contribution in [0, 0.1) is 0 Å². The molecule has 0 spiro atoms. The lowest BCUT2D eigenvalue weighted by Gasteiger charge is -2.16. The lowest BCUT2D eigenvalue weighted by Crippen LogP contribution is -2.19. The predicted octanol–water partition coefficient (Wildman–Crippen LogP) is 4.54. The van der Waals surface area contributed by atoms with E-state index in [0.717, 1.165) is 11.1 Å². The summed E-state index contributed by atoms with van der Waals surface area (Å²) in [4.78, 5) is 26.8. The Morgan fingerprint density at radius 2 is 1.89 bits per heavy atom. The first kappa shape index (κ1) is 19.6. The van der Waals surface area contributed by atoms with Crippen molar-refractivity contribution >= 4 is 40.0 Å². The van der Waals surface area contributed by atoms with Gasteiger partial charge in [0.15, 0.2) is 0 Å². The van der Waals surface area contributed by atoms with Crippen LogP contribution in [-0.4, -0.2) is 25.3 Å². The number of halogens is 1. The number of carbonyl (C=O) groups is 1. The van der Waals surface area contributed by atoms with Crippen molar-refractivity contribution in [2.24, 2.45) is 0 Å². The second-order valence-electron chi connectivity index (χ2n) is 6.19. The number of ether oxygens (including phenoxy) is 2. The van der Waals surface area contributed by atoms with Gasteiger partial charge in [-0.2, -0.15) is 0 Å². The maximum atomic E-state index is 12.6. The number of amides is 1. The number of nitrogens with one attached hydrogen (secondary N) is 3. The van der Waals surface area contributed by atoms with Gasteiger partial charge in [-0.25, -0.2) is 4.79 Å². The lowest BCUT2D eigenvalue weighted by atomic mass is 10.1. The van der Waals surface area contributed by atoms with Crippen molar-refractivity contribution < 1.29 is 14.3 Å². The monoisotopic (exact) mass is 401 g/mol. The fourth-order valence-corrected chi connectivity index (χ4v) is 3.13. The Hall–Kier alpha value is -3.19. The minimum Gasteiger partial charge on any atom is -0.495 e. The number of pyridine rings is 1. The molecule has 7 nitrogen and oxygen atoms in total. The third-order valence-electron chi connectivity index (χ3n) is 4.29. The summed E-state index contributed by atoms with van der Waals surface area (Å²) in [7, 11) is 2.82. The molecule has 2 aromatic carbocycles. The van der Waals surface area contributed by atoms with Gasteiger partial charge < -0.3 is 19.8 Å². The number of hydrogen-bond acceptors (Lipinski definition) is 5. The molecule has 3 aromatic rings. The summed E-state index contributed by atoms with van der Waals surface area (Å²) in [5.74, 6) is 0.499. The fourth-order valence-electron chi connectivity index (χ4n) is 2.89. The molecule has 1 aromatic heterocycles. The fraction of sp³-hybridized carbons (Fsp3) is 0.200. The van der Waals surface area contributed by atoms with Gasteiger partial charge in [0.2, 0.25) is 0 Å². The standard InChI is InChI=1S/C20H20ClN3O4/c1-11(22-13-5-4-6-14(9-13)23-20(26)28-3)15-7-12-8-16(21)18(27-2)10-17(12)24-19(15)25/h4-11,22H,1-3H3,(H,23,26)(H,24,25)/t11-/m0/s1. The summed E-state index contributed by atoms with van der Waals surface area (Å²) in [6.07, 6.45) is -0.552.